The monoisotopic (exact) mass is 167 g/mol. The summed E-state index contributed by atoms with van der Waals surface area (Å²) in [6.45, 7) is 0. The normalized spacial score (nSPS) is 16.1. The number of nitrogens with zero attached hydrogens (tertiary/aromatic N) is 3. The molecular formula is C7H9N3O2. The van der Waals surface area contributed by atoms with Gasteiger partial charge in [-0.3, -0.25) is 0 Å². The number of methoxy groups -OCH3 is 1. The fraction of sp³-hybridized carbons (Fsp3) is 0.571. The van der Waals surface area contributed by atoms with Crippen LogP contribution in [0.2, 0.25) is 0 Å². The van der Waals surface area contributed by atoms with E-state index in [1.165, 1.54) is 13.3 Å². The number of rotatable bonds is 2. The highest BCUT2D eigenvalue weighted by atomic mass is 16.5. The summed E-state index contributed by atoms with van der Waals surface area (Å²) in [6, 6.07) is 0.363. The van der Waals surface area contributed by atoms with E-state index in [2.05, 4.69) is 15.0 Å². The summed E-state index contributed by atoms with van der Waals surface area (Å²) in [6.07, 6.45) is 3.59. The Hall–Kier alpha value is -1.39. The third-order valence-corrected chi connectivity index (χ3v) is 1.86. The van der Waals surface area contributed by atoms with Gasteiger partial charge in [0.2, 0.25) is 0 Å². The minimum Gasteiger partial charge on any atom is -0.464 e. The van der Waals surface area contributed by atoms with Gasteiger partial charge in [0.1, 0.15) is 0 Å². The summed E-state index contributed by atoms with van der Waals surface area (Å²) >= 11 is 0. The Kier molecular flexibility index (Phi) is 1.56. The van der Waals surface area contributed by atoms with E-state index in [4.69, 9.17) is 0 Å². The number of ether oxygens (including phenoxy) is 1. The molecule has 1 aliphatic rings. The van der Waals surface area contributed by atoms with Crippen molar-refractivity contribution >= 4 is 5.97 Å². The van der Waals surface area contributed by atoms with Crippen LogP contribution in [0.25, 0.3) is 0 Å². The van der Waals surface area contributed by atoms with Crippen LogP contribution in [0.1, 0.15) is 29.4 Å². The Morgan fingerprint density at radius 1 is 1.75 bits per heavy atom. The number of carbonyl (C=O) groups excluding carboxylic acids is 1. The molecule has 2 rings (SSSR count). The summed E-state index contributed by atoms with van der Waals surface area (Å²) in [7, 11) is 1.35. The molecule has 1 saturated carbocycles. The first kappa shape index (κ1) is 7.27. The molecule has 0 N–H and O–H groups in total. The van der Waals surface area contributed by atoms with Gasteiger partial charge in [0.25, 0.3) is 0 Å². The predicted octanol–water partition coefficient (Wildman–Crippen LogP) is 0.400. The first-order chi connectivity index (χ1) is 5.83. The second-order valence-electron chi connectivity index (χ2n) is 2.79. The van der Waals surface area contributed by atoms with Gasteiger partial charge in [0.15, 0.2) is 5.69 Å². The Morgan fingerprint density at radius 2 is 2.50 bits per heavy atom. The summed E-state index contributed by atoms with van der Waals surface area (Å²) in [5.41, 5.74) is 0.444. The average molecular weight is 167 g/mol. The molecule has 0 spiro atoms. The van der Waals surface area contributed by atoms with Crippen molar-refractivity contribution in [3.05, 3.63) is 11.9 Å². The van der Waals surface area contributed by atoms with Crippen molar-refractivity contribution in [3.8, 4) is 0 Å². The molecule has 0 aliphatic heterocycles. The van der Waals surface area contributed by atoms with Crippen LogP contribution in [-0.4, -0.2) is 28.1 Å². The molecule has 1 aromatic rings. The van der Waals surface area contributed by atoms with Gasteiger partial charge in [-0.05, 0) is 12.8 Å². The first-order valence-corrected chi connectivity index (χ1v) is 3.81. The smallest absolute Gasteiger partial charge is 0.358 e. The fourth-order valence-electron chi connectivity index (χ4n) is 1.08. The third kappa shape index (κ3) is 1.07. The topological polar surface area (TPSA) is 57.0 Å². The van der Waals surface area contributed by atoms with Crippen LogP contribution in [-0.2, 0) is 4.74 Å². The van der Waals surface area contributed by atoms with E-state index < -0.39 is 0 Å². The van der Waals surface area contributed by atoms with Crippen LogP contribution in [0.15, 0.2) is 6.20 Å². The maximum Gasteiger partial charge on any atom is 0.358 e. The number of carbonyl (C=O) groups is 1. The van der Waals surface area contributed by atoms with Gasteiger partial charge >= 0.3 is 5.97 Å². The Morgan fingerprint density at radius 3 is 3.08 bits per heavy atom. The molecule has 0 radical (unpaired) electrons. The fourth-order valence-corrected chi connectivity index (χ4v) is 1.08. The zero-order valence-corrected chi connectivity index (χ0v) is 6.73. The predicted molar refractivity (Wildman–Crippen MR) is 39.6 cm³/mol. The van der Waals surface area contributed by atoms with E-state index in [1.807, 2.05) is 0 Å². The third-order valence-electron chi connectivity index (χ3n) is 1.86. The lowest BCUT2D eigenvalue weighted by Crippen LogP contribution is -2.10. The van der Waals surface area contributed by atoms with Crippen molar-refractivity contribution in [3.63, 3.8) is 0 Å². The largest absolute Gasteiger partial charge is 0.464 e. The van der Waals surface area contributed by atoms with Gasteiger partial charge in [0.05, 0.1) is 19.3 Å². The SMILES string of the molecule is COC(=O)c1cnnn1C1CC1. The van der Waals surface area contributed by atoms with Crippen LogP contribution in [0.5, 0.6) is 0 Å². The van der Waals surface area contributed by atoms with Crippen molar-refractivity contribution in [1.29, 1.82) is 0 Å². The van der Waals surface area contributed by atoms with Crippen molar-refractivity contribution < 1.29 is 9.53 Å². The highest BCUT2D eigenvalue weighted by Crippen LogP contribution is 2.34. The van der Waals surface area contributed by atoms with Crippen molar-refractivity contribution in [1.82, 2.24) is 15.0 Å². The van der Waals surface area contributed by atoms with Gasteiger partial charge in [0, 0.05) is 0 Å². The molecular weight excluding hydrogens is 158 g/mol. The zero-order chi connectivity index (χ0) is 8.55. The van der Waals surface area contributed by atoms with Gasteiger partial charge < -0.3 is 4.74 Å². The zero-order valence-electron chi connectivity index (χ0n) is 6.73. The van der Waals surface area contributed by atoms with Crippen molar-refractivity contribution in [2.45, 2.75) is 18.9 Å². The van der Waals surface area contributed by atoms with E-state index in [0.29, 0.717) is 11.7 Å². The quantitative estimate of drug-likeness (QED) is 0.598. The molecule has 12 heavy (non-hydrogen) atoms. The van der Waals surface area contributed by atoms with Crippen molar-refractivity contribution in [2.75, 3.05) is 7.11 Å². The molecule has 64 valence electrons. The molecule has 0 aromatic carbocycles. The highest BCUT2D eigenvalue weighted by molar-refractivity contribution is 5.87. The lowest BCUT2D eigenvalue weighted by Gasteiger charge is -2.00. The maximum absolute atomic E-state index is 11.1. The van der Waals surface area contributed by atoms with Crippen LogP contribution in [0.4, 0.5) is 0 Å². The summed E-state index contributed by atoms with van der Waals surface area (Å²) < 4.78 is 6.20. The molecule has 5 nitrogen and oxygen atoms in total. The lowest BCUT2D eigenvalue weighted by molar-refractivity contribution is 0.0586. The minimum absolute atomic E-state index is 0.363. The molecule has 0 bridgehead atoms. The van der Waals surface area contributed by atoms with Gasteiger partial charge in [-0.1, -0.05) is 5.21 Å². The highest BCUT2D eigenvalue weighted by Gasteiger charge is 2.29. The van der Waals surface area contributed by atoms with E-state index >= 15 is 0 Å². The van der Waals surface area contributed by atoms with Gasteiger partial charge in [-0.15, -0.1) is 5.10 Å². The van der Waals surface area contributed by atoms with Crippen LogP contribution < -0.4 is 0 Å². The molecule has 1 fully saturated rings. The summed E-state index contributed by atoms with van der Waals surface area (Å²) in [4.78, 5) is 11.1. The first-order valence-electron chi connectivity index (χ1n) is 3.81. The maximum atomic E-state index is 11.1. The number of hydrogen-bond acceptors (Lipinski definition) is 4. The number of aromatic nitrogens is 3. The van der Waals surface area contributed by atoms with E-state index in [0.717, 1.165) is 12.8 Å². The molecule has 5 heteroatoms. The van der Waals surface area contributed by atoms with Crippen molar-refractivity contribution in [2.24, 2.45) is 0 Å². The standard InChI is InChI=1S/C7H9N3O2/c1-12-7(11)6-4-8-9-10(6)5-2-3-5/h4-5H,2-3H2,1H3. The molecule has 1 aliphatic carbocycles. The van der Waals surface area contributed by atoms with Gasteiger partial charge in [-0.2, -0.15) is 0 Å². The molecule has 0 amide bonds. The second kappa shape index (κ2) is 2.58. The van der Waals surface area contributed by atoms with Crippen LogP contribution in [0, 0.1) is 0 Å². The number of esters is 1. The molecule has 1 aromatic heterocycles. The Bertz CT molecular complexity index is 303. The summed E-state index contributed by atoms with van der Waals surface area (Å²) in [5.74, 6) is -0.369. The van der Waals surface area contributed by atoms with E-state index in [-0.39, 0.29) is 5.97 Å². The van der Waals surface area contributed by atoms with E-state index in [1.54, 1.807) is 4.68 Å². The molecule has 0 atom stereocenters. The van der Waals surface area contributed by atoms with Crippen LogP contribution in [0.3, 0.4) is 0 Å². The Balaban J connectivity index is 2.29. The van der Waals surface area contributed by atoms with E-state index in [9.17, 15) is 4.79 Å². The van der Waals surface area contributed by atoms with Gasteiger partial charge in [-0.25, -0.2) is 9.48 Å². The molecule has 1 heterocycles. The average Bonchev–Trinajstić information content (AvgIpc) is 2.83. The molecule has 0 saturated heterocycles. The lowest BCUT2D eigenvalue weighted by atomic mass is 10.4. The number of hydrogen-bond donors (Lipinski definition) is 0. The summed E-state index contributed by atoms with van der Waals surface area (Å²) in [5, 5.41) is 7.48. The second-order valence-corrected chi connectivity index (χ2v) is 2.79. The van der Waals surface area contributed by atoms with Crippen LogP contribution >= 0.6 is 0 Å². The Labute approximate surface area is 69.3 Å². The molecule has 0 unspecified atom stereocenters. The minimum atomic E-state index is -0.369.